The Balaban J connectivity index is 1.42. The third kappa shape index (κ3) is 3.55. The number of rotatable bonds is 5. The van der Waals surface area contributed by atoms with Gasteiger partial charge in [-0.15, -0.1) is 11.3 Å². The van der Waals surface area contributed by atoms with Crippen molar-refractivity contribution in [3.8, 4) is 0 Å². The summed E-state index contributed by atoms with van der Waals surface area (Å²) < 4.78 is 1.73. The highest BCUT2D eigenvalue weighted by Crippen LogP contribution is 2.21. The Morgan fingerprint density at radius 1 is 1.39 bits per heavy atom. The van der Waals surface area contributed by atoms with Gasteiger partial charge in [-0.05, 0) is 26.3 Å². The second-order valence-corrected chi connectivity index (χ2v) is 7.67. The van der Waals surface area contributed by atoms with E-state index in [1.54, 1.807) is 33.2 Å². The number of hydrogen-bond donors (Lipinski definition) is 2. The van der Waals surface area contributed by atoms with Crippen molar-refractivity contribution in [1.29, 1.82) is 0 Å². The highest BCUT2D eigenvalue weighted by atomic mass is 32.1. The molecule has 0 fully saturated rings. The fourth-order valence-corrected chi connectivity index (χ4v) is 3.85. The normalized spacial score (nSPS) is 13.4. The van der Waals surface area contributed by atoms with E-state index in [0.29, 0.717) is 37.4 Å². The fourth-order valence-electron chi connectivity index (χ4n) is 3.24. The van der Waals surface area contributed by atoms with E-state index in [1.807, 2.05) is 19.2 Å². The predicted octanol–water partition coefficient (Wildman–Crippen LogP) is 1.52. The van der Waals surface area contributed by atoms with Crippen LogP contribution in [0.3, 0.4) is 0 Å². The summed E-state index contributed by atoms with van der Waals surface area (Å²) in [5.41, 5.74) is 3.33. The van der Waals surface area contributed by atoms with Gasteiger partial charge in [-0.25, -0.2) is 4.98 Å². The Bertz CT molecular complexity index is 1020. The average Bonchev–Trinajstić information content (AvgIpc) is 3.44. The van der Waals surface area contributed by atoms with Crippen molar-refractivity contribution >= 4 is 23.2 Å². The summed E-state index contributed by atoms with van der Waals surface area (Å²) in [6, 6.07) is 1.73. The molecule has 28 heavy (non-hydrogen) atoms. The van der Waals surface area contributed by atoms with Crippen molar-refractivity contribution < 1.29 is 9.59 Å². The minimum Gasteiger partial charge on any atom is -0.345 e. The van der Waals surface area contributed by atoms with Crippen LogP contribution in [-0.4, -0.2) is 48.2 Å². The number of carbonyl (C=O) groups is 2. The van der Waals surface area contributed by atoms with Gasteiger partial charge in [0.2, 0.25) is 0 Å². The summed E-state index contributed by atoms with van der Waals surface area (Å²) in [6.07, 6.45) is 2.37. The maximum atomic E-state index is 12.7. The van der Waals surface area contributed by atoms with Crippen molar-refractivity contribution in [3.63, 3.8) is 0 Å². The van der Waals surface area contributed by atoms with Crippen LogP contribution in [0.4, 0.5) is 0 Å². The maximum absolute atomic E-state index is 12.7. The van der Waals surface area contributed by atoms with Gasteiger partial charge < -0.3 is 10.2 Å². The largest absolute Gasteiger partial charge is 0.345 e. The smallest absolute Gasteiger partial charge is 0.274 e. The predicted molar refractivity (Wildman–Crippen MR) is 103 cm³/mol. The van der Waals surface area contributed by atoms with Gasteiger partial charge in [-0.1, -0.05) is 0 Å². The first kappa shape index (κ1) is 18.4. The van der Waals surface area contributed by atoms with Crippen molar-refractivity contribution in [1.82, 2.24) is 35.2 Å². The van der Waals surface area contributed by atoms with E-state index in [0.717, 1.165) is 28.5 Å². The highest BCUT2D eigenvalue weighted by molar-refractivity contribution is 7.09. The standard InChI is InChI=1S/C18H21N7O2S/c1-3-25-7-5-14(23-25)18(27)24-6-4-13-15(9-24)21-22-16(13)17(26)19-8-12-10-28-11(2)20-12/h5,7,10H,3-4,6,8-9H2,1-2H3,(H,19,26)(H,21,22). The molecule has 1 aliphatic heterocycles. The van der Waals surface area contributed by atoms with Crippen molar-refractivity contribution in [3.05, 3.63) is 51.0 Å². The molecular formula is C18H21N7O2S. The SMILES string of the molecule is CCn1ccc(C(=O)N2CCc3c(C(=O)NCc4csc(C)n4)n[nH]c3C2)n1. The van der Waals surface area contributed by atoms with Gasteiger partial charge in [-0.3, -0.25) is 19.4 Å². The van der Waals surface area contributed by atoms with Crippen LogP contribution in [0, 0.1) is 6.92 Å². The van der Waals surface area contributed by atoms with E-state index in [-0.39, 0.29) is 11.8 Å². The number of nitrogens with one attached hydrogen (secondary N) is 2. The Kier molecular flexibility index (Phi) is 4.95. The minimum absolute atomic E-state index is 0.114. The number of hydrogen-bond acceptors (Lipinski definition) is 6. The molecule has 0 radical (unpaired) electrons. The molecule has 0 unspecified atom stereocenters. The van der Waals surface area contributed by atoms with Crippen LogP contribution in [0.25, 0.3) is 0 Å². The second-order valence-electron chi connectivity index (χ2n) is 6.60. The molecule has 0 spiro atoms. The first-order valence-corrected chi connectivity index (χ1v) is 10.0. The van der Waals surface area contributed by atoms with E-state index in [1.165, 1.54) is 0 Å². The molecular weight excluding hydrogens is 378 g/mol. The molecule has 0 atom stereocenters. The van der Waals surface area contributed by atoms with E-state index in [9.17, 15) is 9.59 Å². The molecule has 0 aromatic carbocycles. The summed E-state index contributed by atoms with van der Waals surface area (Å²) in [5, 5.41) is 17.1. The molecule has 9 nitrogen and oxygen atoms in total. The number of aromatic amines is 1. The molecule has 0 aliphatic carbocycles. The van der Waals surface area contributed by atoms with Gasteiger partial charge in [0.05, 0.1) is 29.5 Å². The Morgan fingerprint density at radius 3 is 2.96 bits per heavy atom. The van der Waals surface area contributed by atoms with Crippen LogP contribution < -0.4 is 5.32 Å². The topological polar surface area (TPSA) is 109 Å². The van der Waals surface area contributed by atoms with Gasteiger partial charge in [0.25, 0.3) is 11.8 Å². The number of aryl methyl sites for hydroxylation is 2. The Hall–Kier alpha value is -3.01. The molecule has 4 rings (SSSR count). The number of nitrogens with zero attached hydrogens (tertiary/aromatic N) is 5. The third-order valence-corrected chi connectivity index (χ3v) is 5.54. The zero-order valence-electron chi connectivity index (χ0n) is 15.7. The van der Waals surface area contributed by atoms with Crippen molar-refractivity contribution in [2.45, 2.75) is 39.9 Å². The lowest BCUT2D eigenvalue weighted by atomic mass is 10.0. The summed E-state index contributed by atoms with van der Waals surface area (Å²) >= 11 is 1.55. The molecule has 1 aliphatic rings. The molecule has 0 bridgehead atoms. The zero-order valence-corrected chi connectivity index (χ0v) is 16.5. The Labute approximate surface area is 165 Å². The number of carbonyl (C=O) groups excluding carboxylic acids is 2. The summed E-state index contributed by atoms with van der Waals surface area (Å²) in [4.78, 5) is 31.3. The monoisotopic (exact) mass is 399 g/mol. The number of aromatic nitrogens is 5. The first-order valence-electron chi connectivity index (χ1n) is 9.13. The lowest BCUT2D eigenvalue weighted by molar-refractivity contribution is 0.0725. The molecule has 2 amide bonds. The van der Waals surface area contributed by atoms with Crippen LogP contribution in [0.5, 0.6) is 0 Å². The summed E-state index contributed by atoms with van der Waals surface area (Å²) in [7, 11) is 0. The molecule has 3 aromatic rings. The van der Waals surface area contributed by atoms with Gasteiger partial charge >= 0.3 is 0 Å². The fraction of sp³-hybridized carbons (Fsp3) is 0.389. The minimum atomic E-state index is -0.232. The van der Waals surface area contributed by atoms with Crippen LogP contribution in [-0.2, 0) is 26.1 Å². The lowest BCUT2D eigenvalue weighted by Gasteiger charge is -2.26. The third-order valence-electron chi connectivity index (χ3n) is 4.72. The van der Waals surface area contributed by atoms with Gasteiger partial charge in [0.1, 0.15) is 5.69 Å². The van der Waals surface area contributed by atoms with Gasteiger partial charge in [0.15, 0.2) is 5.69 Å². The van der Waals surface area contributed by atoms with E-state index in [2.05, 4.69) is 25.6 Å². The lowest BCUT2D eigenvalue weighted by Crippen LogP contribution is -2.36. The molecule has 146 valence electrons. The van der Waals surface area contributed by atoms with Crippen LogP contribution in [0.2, 0.25) is 0 Å². The molecule has 0 saturated carbocycles. The molecule has 2 N–H and O–H groups in total. The van der Waals surface area contributed by atoms with Crippen LogP contribution in [0.15, 0.2) is 17.6 Å². The number of amides is 2. The van der Waals surface area contributed by atoms with Crippen LogP contribution >= 0.6 is 11.3 Å². The van der Waals surface area contributed by atoms with E-state index < -0.39 is 0 Å². The van der Waals surface area contributed by atoms with E-state index >= 15 is 0 Å². The summed E-state index contributed by atoms with van der Waals surface area (Å²) in [6.45, 7) is 5.90. The van der Waals surface area contributed by atoms with Crippen LogP contribution in [0.1, 0.15) is 49.9 Å². The van der Waals surface area contributed by atoms with Crippen molar-refractivity contribution in [2.75, 3.05) is 6.54 Å². The summed E-state index contributed by atoms with van der Waals surface area (Å²) in [5.74, 6) is -0.345. The Morgan fingerprint density at radius 2 is 2.25 bits per heavy atom. The number of fused-ring (bicyclic) bond motifs is 1. The number of H-pyrrole nitrogens is 1. The zero-order chi connectivity index (χ0) is 19.7. The van der Waals surface area contributed by atoms with Gasteiger partial charge in [-0.2, -0.15) is 10.2 Å². The maximum Gasteiger partial charge on any atom is 0.274 e. The van der Waals surface area contributed by atoms with E-state index in [4.69, 9.17) is 0 Å². The molecule has 10 heteroatoms. The van der Waals surface area contributed by atoms with Crippen molar-refractivity contribution in [2.24, 2.45) is 0 Å². The molecule has 4 heterocycles. The average molecular weight is 399 g/mol. The molecule has 3 aromatic heterocycles. The first-order chi connectivity index (χ1) is 13.5. The quantitative estimate of drug-likeness (QED) is 0.676. The van der Waals surface area contributed by atoms with Gasteiger partial charge in [0, 0.05) is 30.2 Å². The molecule has 0 saturated heterocycles. The number of thiazole rings is 1. The second kappa shape index (κ2) is 7.55. The highest BCUT2D eigenvalue weighted by Gasteiger charge is 2.28.